The zero-order chi connectivity index (χ0) is 14.2. The minimum atomic E-state index is -0.917. The third-order valence-electron chi connectivity index (χ3n) is 2.57. The number of rotatable bonds is 4. The van der Waals surface area contributed by atoms with E-state index in [1.54, 1.807) is 6.92 Å². The number of aryl methyl sites for hydroxylation is 3. The van der Waals surface area contributed by atoms with Crippen molar-refractivity contribution in [2.45, 2.75) is 23.9 Å². The van der Waals surface area contributed by atoms with Crippen LogP contribution in [0.4, 0.5) is 0 Å². The van der Waals surface area contributed by atoms with E-state index in [4.69, 9.17) is 5.11 Å². The Bertz CT molecular complexity index is 636. The lowest BCUT2D eigenvalue weighted by Crippen LogP contribution is -1.96. The molecular weight excluding hydrogens is 350 g/mol. The summed E-state index contributed by atoms with van der Waals surface area (Å²) >= 11 is 6.24. The molecule has 0 amide bonds. The molecule has 0 aliphatic rings. The molecule has 0 atom stereocenters. The van der Waals surface area contributed by atoms with Crippen LogP contribution in [0.3, 0.4) is 0 Å². The largest absolute Gasteiger partial charge is 0.477 e. The normalized spacial score (nSPS) is 10.9. The Hall–Kier alpha value is -0.860. The third-order valence-corrected chi connectivity index (χ3v) is 5.90. The van der Waals surface area contributed by atoms with E-state index in [0.717, 1.165) is 20.2 Å². The maximum Gasteiger partial charge on any atom is 0.347 e. The molecule has 5 nitrogen and oxygen atoms in total. The number of carboxylic acids is 1. The average molecular weight is 362 g/mol. The first kappa shape index (κ1) is 14.5. The van der Waals surface area contributed by atoms with Crippen LogP contribution in [0.15, 0.2) is 8.81 Å². The fourth-order valence-electron chi connectivity index (χ4n) is 1.60. The van der Waals surface area contributed by atoms with E-state index in [2.05, 4.69) is 26.0 Å². The summed E-state index contributed by atoms with van der Waals surface area (Å²) in [6.07, 6.45) is 0. The highest BCUT2D eigenvalue weighted by atomic mass is 79.9. The highest BCUT2D eigenvalue weighted by Crippen LogP contribution is 2.32. The van der Waals surface area contributed by atoms with Crippen LogP contribution in [-0.4, -0.2) is 25.8 Å². The third kappa shape index (κ3) is 3.01. The molecule has 0 radical (unpaired) electrons. The molecule has 2 heterocycles. The van der Waals surface area contributed by atoms with Crippen LogP contribution in [0.5, 0.6) is 0 Å². The van der Waals surface area contributed by atoms with Crippen molar-refractivity contribution in [3.8, 4) is 0 Å². The molecule has 0 saturated heterocycles. The number of hydrogen-bond acceptors (Lipinski definition) is 5. The maximum absolute atomic E-state index is 11.0. The number of aromatic nitrogens is 3. The predicted molar refractivity (Wildman–Crippen MR) is 79.0 cm³/mol. The van der Waals surface area contributed by atoms with E-state index >= 15 is 0 Å². The first-order chi connectivity index (χ1) is 8.90. The highest BCUT2D eigenvalue weighted by molar-refractivity contribution is 9.10. The SMILES string of the molecule is Cc1nc(SCc2c(Br)c(C)nn2C)sc1C(=O)O. The summed E-state index contributed by atoms with van der Waals surface area (Å²) in [7, 11) is 1.89. The number of carbonyl (C=O) groups is 1. The molecule has 1 N–H and O–H groups in total. The van der Waals surface area contributed by atoms with Gasteiger partial charge in [-0.05, 0) is 29.8 Å². The van der Waals surface area contributed by atoms with Gasteiger partial charge in [0, 0.05) is 12.8 Å². The number of hydrogen-bond donors (Lipinski definition) is 1. The molecule has 0 aliphatic carbocycles. The fraction of sp³-hybridized carbons (Fsp3) is 0.364. The summed E-state index contributed by atoms with van der Waals surface area (Å²) in [5.41, 5.74) is 2.58. The van der Waals surface area contributed by atoms with Gasteiger partial charge in [-0.25, -0.2) is 9.78 Å². The number of carboxylic acid groups (broad SMARTS) is 1. The van der Waals surface area contributed by atoms with Gasteiger partial charge in [0.25, 0.3) is 0 Å². The number of thiazole rings is 1. The van der Waals surface area contributed by atoms with Gasteiger partial charge in [0.05, 0.1) is 21.6 Å². The van der Waals surface area contributed by atoms with E-state index < -0.39 is 5.97 Å². The van der Waals surface area contributed by atoms with Crippen LogP contribution >= 0.6 is 39.0 Å². The van der Waals surface area contributed by atoms with Crippen LogP contribution in [-0.2, 0) is 12.8 Å². The number of thioether (sulfide) groups is 1. The molecule has 0 spiro atoms. The first-order valence-electron chi connectivity index (χ1n) is 5.41. The van der Waals surface area contributed by atoms with Gasteiger partial charge in [-0.15, -0.1) is 11.3 Å². The van der Waals surface area contributed by atoms with Gasteiger partial charge < -0.3 is 5.11 Å². The molecule has 0 aromatic carbocycles. The van der Waals surface area contributed by atoms with Crippen LogP contribution in [0.2, 0.25) is 0 Å². The zero-order valence-electron chi connectivity index (χ0n) is 10.6. The Morgan fingerprint density at radius 2 is 2.16 bits per heavy atom. The van der Waals surface area contributed by atoms with Crippen molar-refractivity contribution in [1.29, 1.82) is 0 Å². The van der Waals surface area contributed by atoms with Gasteiger partial charge in [-0.2, -0.15) is 5.10 Å². The van der Waals surface area contributed by atoms with Crippen molar-refractivity contribution >= 4 is 45.0 Å². The summed E-state index contributed by atoms with van der Waals surface area (Å²) in [5, 5.41) is 13.3. The second-order valence-corrected chi connectivity index (χ2v) is 6.97. The molecule has 2 aromatic rings. The molecule has 0 fully saturated rings. The van der Waals surface area contributed by atoms with Crippen molar-refractivity contribution in [2.24, 2.45) is 7.05 Å². The van der Waals surface area contributed by atoms with Crippen LogP contribution in [0, 0.1) is 13.8 Å². The van der Waals surface area contributed by atoms with E-state index in [-0.39, 0.29) is 0 Å². The highest BCUT2D eigenvalue weighted by Gasteiger charge is 2.16. The van der Waals surface area contributed by atoms with E-state index in [9.17, 15) is 4.79 Å². The predicted octanol–water partition coefficient (Wildman–Crippen LogP) is 3.25. The van der Waals surface area contributed by atoms with Crippen LogP contribution in [0.25, 0.3) is 0 Å². The molecule has 0 aliphatic heterocycles. The lowest BCUT2D eigenvalue weighted by molar-refractivity contribution is 0.0701. The van der Waals surface area contributed by atoms with Crippen molar-refractivity contribution in [2.75, 3.05) is 0 Å². The van der Waals surface area contributed by atoms with Gasteiger partial charge in [0.1, 0.15) is 4.88 Å². The fourth-order valence-corrected chi connectivity index (χ4v) is 4.35. The van der Waals surface area contributed by atoms with Crippen molar-refractivity contribution in [3.05, 3.63) is 26.4 Å². The van der Waals surface area contributed by atoms with Gasteiger partial charge in [-0.3, -0.25) is 4.68 Å². The van der Waals surface area contributed by atoms with Crippen molar-refractivity contribution in [1.82, 2.24) is 14.8 Å². The topological polar surface area (TPSA) is 68.0 Å². The Morgan fingerprint density at radius 1 is 1.47 bits per heavy atom. The van der Waals surface area contributed by atoms with Crippen molar-refractivity contribution < 1.29 is 9.90 Å². The number of nitrogens with zero attached hydrogens (tertiary/aromatic N) is 3. The molecule has 0 saturated carbocycles. The molecule has 102 valence electrons. The summed E-state index contributed by atoms with van der Waals surface area (Å²) < 4.78 is 3.58. The average Bonchev–Trinajstić information content (AvgIpc) is 2.80. The molecular formula is C11H12BrN3O2S2. The zero-order valence-corrected chi connectivity index (χ0v) is 13.8. The van der Waals surface area contributed by atoms with Gasteiger partial charge >= 0.3 is 5.97 Å². The minimum Gasteiger partial charge on any atom is -0.477 e. The van der Waals surface area contributed by atoms with Gasteiger partial charge in [0.2, 0.25) is 0 Å². The van der Waals surface area contributed by atoms with E-state index in [0.29, 0.717) is 16.3 Å². The number of halogens is 1. The standard InChI is InChI=1S/C11H12BrN3O2S2/c1-5-8(12)7(15(3)14-5)4-18-11-13-6(2)9(19-11)10(16)17/h4H2,1-3H3,(H,16,17). The van der Waals surface area contributed by atoms with E-state index in [1.807, 2.05) is 18.7 Å². The summed E-state index contributed by atoms with van der Waals surface area (Å²) in [4.78, 5) is 15.5. The second kappa shape index (κ2) is 5.64. The second-order valence-electron chi connectivity index (χ2n) is 3.96. The molecule has 0 unspecified atom stereocenters. The van der Waals surface area contributed by atoms with Gasteiger partial charge in [0.15, 0.2) is 4.34 Å². The summed E-state index contributed by atoms with van der Waals surface area (Å²) in [6, 6.07) is 0. The van der Waals surface area contributed by atoms with E-state index in [1.165, 1.54) is 23.1 Å². The Morgan fingerprint density at radius 3 is 2.63 bits per heavy atom. The summed E-state index contributed by atoms with van der Waals surface area (Å²) in [5.74, 6) is -0.219. The molecule has 2 rings (SSSR count). The van der Waals surface area contributed by atoms with Gasteiger partial charge in [-0.1, -0.05) is 11.8 Å². The van der Waals surface area contributed by atoms with Crippen molar-refractivity contribution in [3.63, 3.8) is 0 Å². The monoisotopic (exact) mass is 361 g/mol. The summed E-state index contributed by atoms with van der Waals surface area (Å²) in [6.45, 7) is 3.66. The molecule has 19 heavy (non-hydrogen) atoms. The maximum atomic E-state index is 11.0. The quantitative estimate of drug-likeness (QED) is 0.846. The van der Waals surface area contributed by atoms with Crippen LogP contribution < -0.4 is 0 Å². The minimum absolute atomic E-state index is 0.308. The van der Waals surface area contributed by atoms with Crippen LogP contribution in [0.1, 0.15) is 26.8 Å². The first-order valence-corrected chi connectivity index (χ1v) is 8.01. The molecule has 0 bridgehead atoms. The Labute approximate surface area is 127 Å². The lowest BCUT2D eigenvalue weighted by Gasteiger charge is -2.00. The molecule has 8 heteroatoms. The smallest absolute Gasteiger partial charge is 0.347 e. The molecule has 2 aromatic heterocycles. The Kier molecular flexibility index (Phi) is 4.32. The Balaban J connectivity index is 2.15. The number of aromatic carboxylic acids is 1. The lowest BCUT2D eigenvalue weighted by atomic mass is 10.4.